The fourth-order valence-corrected chi connectivity index (χ4v) is 2.46. The SMILES string of the molecule is CCc1cc(C)cc2c1O[C@H](C(F)(F)F)C(C(=O)OCCl)=C2. The predicted molar refractivity (Wildman–Crippen MR) is 75.8 cm³/mol. The van der Waals surface area contributed by atoms with Gasteiger partial charge in [-0.1, -0.05) is 24.6 Å². The Hall–Kier alpha value is -1.69. The molecule has 7 heteroatoms. The van der Waals surface area contributed by atoms with Gasteiger partial charge >= 0.3 is 12.1 Å². The van der Waals surface area contributed by atoms with E-state index < -0.39 is 29.9 Å². The summed E-state index contributed by atoms with van der Waals surface area (Å²) in [5, 5.41) is 0. The van der Waals surface area contributed by atoms with E-state index in [-0.39, 0.29) is 5.75 Å². The summed E-state index contributed by atoms with van der Waals surface area (Å²) in [5.41, 5.74) is 1.35. The summed E-state index contributed by atoms with van der Waals surface area (Å²) >= 11 is 5.26. The van der Waals surface area contributed by atoms with E-state index in [1.54, 1.807) is 12.1 Å². The Balaban J connectivity index is 2.58. The number of halogens is 4. The molecule has 120 valence electrons. The lowest BCUT2D eigenvalue weighted by Crippen LogP contribution is -2.41. The topological polar surface area (TPSA) is 35.5 Å². The monoisotopic (exact) mass is 334 g/mol. The first-order valence-corrected chi connectivity index (χ1v) is 7.13. The first kappa shape index (κ1) is 16.7. The number of aryl methyl sites for hydroxylation is 2. The molecular weight excluding hydrogens is 321 g/mol. The molecule has 0 unspecified atom stereocenters. The number of hydrogen-bond acceptors (Lipinski definition) is 3. The van der Waals surface area contributed by atoms with E-state index in [2.05, 4.69) is 4.74 Å². The van der Waals surface area contributed by atoms with E-state index in [0.29, 0.717) is 17.5 Å². The largest absolute Gasteiger partial charge is 0.475 e. The van der Waals surface area contributed by atoms with Crippen LogP contribution in [0.25, 0.3) is 6.08 Å². The average molecular weight is 335 g/mol. The summed E-state index contributed by atoms with van der Waals surface area (Å²) in [4.78, 5) is 11.7. The lowest BCUT2D eigenvalue weighted by Gasteiger charge is -2.29. The number of benzene rings is 1. The summed E-state index contributed by atoms with van der Waals surface area (Å²) < 4.78 is 49.2. The molecule has 0 saturated carbocycles. The van der Waals surface area contributed by atoms with Crippen molar-refractivity contribution in [3.05, 3.63) is 34.4 Å². The van der Waals surface area contributed by atoms with Crippen LogP contribution in [0.1, 0.15) is 23.6 Å². The van der Waals surface area contributed by atoms with Crippen molar-refractivity contribution in [3.8, 4) is 5.75 Å². The van der Waals surface area contributed by atoms with Crippen molar-refractivity contribution in [1.29, 1.82) is 0 Å². The summed E-state index contributed by atoms with van der Waals surface area (Å²) in [6.45, 7) is 3.64. The molecule has 1 aromatic rings. The van der Waals surface area contributed by atoms with Crippen LogP contribution < -0.4 is 4.74 Å². The molecule has 1 aromatic carbocycles. The maximum Gasteiger partial charge on any atom is 0.430 e. The third-order valence-electron chi connectivity index (χ3n) is 3.27. The highest BCUT2D eigenvalue weighted by molar-refractivity contribution is 6.17. The zero-order valence-corrected chi connectivity index (χ0v) is 12.7. The maximum absolute atomic E-state index is 13.2. The molecule has 1 aliphatic rings. The van der Waals surface area contributed by atoms with Crippen LogP contribution in [-0.4, -0.2) is 24.3 Å². The molecule has 0 aromatic heterocycles. The van der Waals surface area contributed by atoms with E-state index in [0.717, 1.165) is 11.6 Å². The highest BCUT2D eigenvalue weighted by atomic mass is 35.5. The van der Waals surface area contributed by atoms with Gasteiger partial charge in [0.15, 0.2) is 6.07 Å². The summed E-state index contributed by atoms with van der Waals surface area (Å²) in [5.74, 6) is -0.986. The molecule has 1 aliphatic heterocycles. The lowest BCUT2D eigenvalue weighted by atomic mass is 9.96. The molecule has 0 radical (unpaired) electrons. The fraction of sp³-hybridized carbons (Fsp3) is 0.400. The van der Waals surface area contributed by atoms with Gasteiger partial charge in [-0.15, -0.1) is 0 Å². The smallest absolute Gasteiger partial charge is 0.430 e. The number of esters is 1. The van der Waals surface area contributed by atoms with Gasteiger partial charge in [0.05, 0.1) is 5.57 Å². The molecule has 0 fully saturated rings. The zero-order valence-electron chi connectivity index (χ0n) is 12.0. The van der Waals surface area contributed by atoms with E-state index in [1.807, 2.05) is 13.8 Å². The van der Waals surface area contributed by atoms with Crippen molar-refractivity contribution in [3.63, 3.8) is 0 Å². The number of carbonyl (C=O) groups is 1. The molecule has 0 aliphatic carbocycles. The first-order chi connectivity index (χ1) is 10.3. The van der Waals surface area contributed by atoms with E-state index in [9.17, 15) is 18.0 Å². The molecule has 0 saturated heterocycles. The quantitative estimate of drug-likeness (QED) is 0.619. The van der Waals surface area contributed by atoms with Gasteiger partial charge in [0.25, 0.3) is 0 Å². The van der Waals surface area contributed by atoms with Crippen LogP contribution in [0.5, 0.6) is 5.75 Å². The second-order valence-corrected chi connectivity index (χ2v) is 5.09. The first-order valence-electron chi connectivity index (χ1n) is 6.59. The van der Waals surface area contributed by atoms with Crippen molar-refractivity contribution >= 4 is 23.6 Å². The van der Waals surface area contributed by atoms with E-state index in [4.69, 9.17) is 16.3 Å². The van der Waals surface area contributed by atoms with Crippen molar-refractivity contribution in [2.45, 2.75) is 32.5 Å². The molecule has 22 heavy (non-hydrogen) atoms. The van der Waals surface area contributed by atoms with Gasteiger partial charge in [-0.3, -0.25) is 0 Å². The number of rotatable bonds is 3. The molecule has 0 amide bonds. The third-order valence-corrected chi connectivity index (χ3v) is 3.38. The Bertz CT molecular complexity index is 623. The Labute approximate surface area is 130 Å². The molecule has 3 nitrogen and oxygen atoms in total. The van der Waals surface area contributed by atoms with Gasteiger partial charge in [0.2, 0.25) is 6.10 Å². The summed E-state index contributed by atoms with van der Waals surface area (Å²) in [6.07, 6.45) is -5.41. The van der Waals surface area contributed by atoms with Crippen molar-refractivity contribution in [1.82, 2.24) is 0 Å². The molecule has 0 bridgehead atoms. The number of ether oxygens (including phenoxy) is 2. The lowest BCUT2D eigenvalue weighted by molar-refractivity contribution is -0.187. The normalized spacial score (nSPS) is 17.4. The Morgan fingerprint density at radius 1 is 1.41 bits per heavy atom. The molecule has 1 heterocycles. The highest BCUT2D eigenvalue weighted by Crippen LogP contribution is 2.40. The minimum Gasteiger partial charge on any atom is -0.475 e. The summed E-state index contributed by atoms with van der Waals surface area (Å²) in [6, 6.07) is 2.90. The third kappa shape index (κ3) is 3.21. The van der Waals surface area contributed by atoms with Crippen LogP contribution in [0.4, 0.5) is 13.2 Å². The minimum atomic E-state index is -4.73. The van der Waals surface area contributed by atoms with E-state index in [1.165, 1.54) is 0 Å². The second kappa shape index (κ2) is 6.20. The Kier molecular flexibility index (Phi) is 4.70. The van der Waals surface area contributed by atoms with Crippen molar-refractivity contribution in [2.24, 2.45) is 0 Å². The number of fused-ring (bicyclic) bond motifs is 1. The number of alkyl halides is 4. The minimum absolute atomic E-state index is 0.151. The van der Waals surface area contributed by atoms with Gasteiger partial charge < -0.3 is 9.47 Å². The summed E-state index contributed by atoms with van der Waals surface area (Å²) in [7, 11) is 0. The highest BCUT2D eigenvalue weighted by Gasteiger charge is 2.49. The molecule has 0 spiro atoms. The van der Waals surface area contributed by atoms with Gasteiger partial charge in [-0.2, -0.15) is 13.2 Å². The maximum atomic E-state index is 13.2. The number of carbonyl (C=O) groups excluding carboxylic acids is 1. The predicted octanol–water partition coefficient (Wildman–Crippen LogP) is 4.00. The van der Waals surface area contributed by atoms with Crippen LogP contribution >= 0.6 is 11.6 Å². The molecular formula is C15H14ClF3O3. The second-order valence-electron chi connectivity index (χ2n) is 4.88. The fourth-order valence-electron chi connectivity index (χ4n) is 2.36. The van der Waals surface area contributed by atoms with Crippen LogP contribution in [-0.2, 0) is 16.0 Å². The standard InChI is InChI=1S/C15H14ClF3O3/c1-3-9-4-8(2)5-10-6-11(14(20)21-7-16)13(15(17,18)19)22-12(9)10/h4-6,13H,3,7H2,1-2H3/t13-/m0/s1. The van der Waals surface area contributed by atoms with Crippen molar-refractivity contribution < 1.29 is 27.4 Å². The van der Waals surface area contributed by atoms with Gasteiger partial charge in [0, 0.05) is 5.56 Å². The Morgan fingerprint density at radius 3 is 2.64 bits per heavy atom. The molecule has 2 rings (SSSR count). The van der Waals surface area contributed by atoms with Crippen LogP contribution in [0.15, 0.2) is 17.7 Å². The van der Waals surface area contributed by atoms with Gasteiger partial charge in [0.1, 0.15) is 5.75 Å². The van der Waals surface area contributed by atoms with Gasteiger partial charge in [-0.25, -0.2) is 4.79 Å². The number of hydrogen-bond donors (Lipinski definition) is 0. The zero-order chi connectivity index (χ0) is 16.5. The Morgan fingerprint density at radius 2 is 2.09 bits per heavy atom. The molecule has 1 atom stereocenters. The van der Waals surface area contributed by atoms with Gasteiger partial charge in [-0.05, 0) is 36.6 Å². The molecule has 0 N–H and O–H groups in total. The van der Waals surface area contributed by atoms with Crippen molar-refractivity contribution in [2.75, 3.05) is 6.07 Å². The van der Waals surface area contributed by atoms with E-state index >= 15 is 0 Å². The van der Waals surface area contributed by atoms with Crippen LogP contribution in [0, 0.1) is 6.92 Å². The van der Waals surface area contributed by atoms with Crippen LogP contribution in [0.3, 0.4) is 0 Å². The average Bonchev–Trinajstić information content (AvgIpc) is 2.44. The van der Waals surface area contributed by atoms with Crippen LogP contribution in [0.2, 0.25) is 0 Å².